The molecular formula is C47H29N3S. The largest absolute Gasteiger partial charge is 0.208 e. The molecule has 0 N–H and O–H groups in total. The molecule has 10 rings (SSSR count). The van der Waals surface area contributed by atoms with Gasteiger partial charge in [-0.2, -0.15) is 0 Å². The number of hydrogen-bond acceptors (Lipinski definition) is 4. The van der Waals surface area contributed by atoms with Gasteiger partial charge < -0.3 is 0 Å². The Morgan fingerprint density at radius 2 is 0.882 bits per heavy atom. The number of aromatic nitrogens is 3. The van der Waals surface area contributed by atoms with Crippen LogP contribution in [0.2, 0.25) is 0 Å². The Bertz CT molecular complexity index is 2910. The van der Waals surface area contributed by atoms with E-state index < -0.39 is 0 Å². The van der Waals surface area contributed by atoms with Crippen molar-refractivity contribution in [2.45, 2.75) is 0 Å². The van der Waals surface area contributed by atoms with Gasteiger partial charge in [0.1, 0.15) is 0 Å². The smallest absolute Gasteiger partial charge is 0.164 e. The van der Waals surface area contributed by atoms with Gasteiger partial charge in [-0.3, -0.25) is 0 Å². The lowest BCUT2D eigenvalue weighted by Gasteiger charge is -2.13. The summed E-state index contributed by atoms with van der Waals surface area (Å²) in [4.78, 5) is 15.5. The lowest BCUT2D eigenvalue weighted by molar-refractivity contribution is 1.08. The predicted molar refractivity (Wildman–Crippen MR) is 215 cm³/mol. The molecule has 0 atom stereocenters. The molecule has 2 aromatic heterocycles. The average molecular weight is 668 g/mol. The summed E-state index contributed by atoms with van der Waals surface area (Å²) in [6.07, 6.45) is 0. The van der Waals surface area contributed by atoms with Crippen LogP contribution in [0, 0.1) is 0 Å². The first-order valence-electron chi connectivity index (χ1n) is 17.1. The summed E-state index contributed by atoms with van der Waals surface area (Å²) in [5.41, 5.74) is 7.67. The van der Waals surface area contributed by atoms with Crippen molar-refractivity contribution in [3.63, 3.8) is 0 Å². The van der Waals surface area contributed by atoms with Crippen molar-refractivity contribution >= 4 is 53.1 Å². The van der Waals surface area contributed by atoms with Gasteiger partial charge in [-0.25, -0.2) is 15.0 Å². The van der Waals surface area contributed by atoms with Crippen molar-refractivity contribution in [3.8, 4) is 56.4 Å². The quantitative estimate of drug-likeness (QED) is 0.183. The van der Waals surface area contributed by atoms with E-state index in [4.69, 9.17) is 15.0 Å². The van der Waals surface area contributed by atoms with Gasteiger partial charge in [-0.05, 0) is 62.0 Å². The van der Waals surface area contributed by atoms with Crippen LogP contribution >= 0.6 is 11.3 Å². The second kappa shape index (κ2) is 12.1. The van der Waals surface area contributed by atoms with E-state index in [1.165, 1.54) is 47.5 Å². The fourth-order valence-electron chi connectivity index (χ4n) is 7.36. The summed E-state index contributed by atoms with van der Waals surface area (Å²) >= 11 is 1.83. The first-order valence-corrected chi connectivity index (χ1v) is 17.9. The first-order chi connectivity index (χ1) is 25.3. The fraction of sp³-hybridized carbons (Fsp3) is 0. The van der Waals surface area contributed by atoms with E-state index in [0.717, 1.165) is 33.2 Å². The second-order valence-corrected chi connectivity index (χ2v) is 13.9. The molecule has 10 aromatic rings. The molecule has 0 saturated heterocycles. The Morgan fingerprint density at radius 1 is 0.314 bits per heavy atom. The minimum atomic E-state index is 0.649. The summed E-state index contributed by atoms with van der Waals surface area (Å²) < 4.78 is 2.47. The molecule has 3 nitrogen and oxygen atoms in total. The molecule has 0 fully saturated rings. The predicted octanol–water partition coefficient (Wildman–Crippen LogP) is 12.9. The second-order valence-electron chi connectivity index (χ2n) is 12.8. The highest BCUT2D eigenvalue weighted by Crippen LogP contribution is 2.46. The highest BCUT2D eigenvalue weighted by molar-refractivity contribution is 7.26. The molecule has 0 saturated carbocycles. The zero-order valence-corrected chi connectivity index (χ0v) is 28.3. The van der Waals surface area contributed by atoms with E-state index >= 15 is 0 Å². The van der Waals surface area contributed by atoms with Gasteiger partial charge >= 0.3 is 0 Å². The van der Waals surface area contributed by atoms with Gasteiger partial charge in [0, 0.05) is 36.9 Å². The Labute approximate surface area is 299 Å². The van der Waals surface area contributed by atoms with Crippen LogP contribution in [0.1, 0.15) is 0 Å². The molecule has 2 heterocycles. The third kappa shape index (κ3) is 5.08. The van der Waals surface area contributed by atoms with Gasteiger partial charge in [-0.1, -0.05) is 158 Å². The molecule has 0 spiro atoms. The third-order valence-electron chi connectivity index (χ3n) is 9.72. The molecule has 0 unspecified atom stereocenters. The Hall–Kier alpha value is -6.49. The van der Waals surface area contributed by atoms with Crippen LogP contribution in [0.15, 0.2) is 176 Å². The Morgan fingerprint density at radius 3 is 1.71 bits per heavy atom. The van der Waals surface area contributed by atoms with Crippen molar-refractivity contribution in [2.75, 3.05) is 0 Å². The molecule has 4 heteroatoms. The van der Waals surface area contributed by atoms with Crippen LogP contribution in [0.4, 0.5) is 0 Å². The molecule has 238 valence electrons. The molecule has 51 heavy (non-hydrogen) atoms. The van der Waals surface area contributed by atoms with E-state index in [1.54, 1.807) is 0 Å². The maximum atomic E-state index is 5.23. The van der Waals surface area contributed by atoms with Gasteiger partial charge in [0.05, 0.1) is 0 Å². The van der Waals surface area contributed by atoms with E-state index in [-0.39, 0.29) is 0 Å². The first kappa shape index (κ1) is 29.4. The van der Waals surface area contributed by atoms with Crippen LogP contribution in [0.5, 0.6) is 0 Å². The van der Waals surface area contributed by atoms with Crippen LogP contribution in [-0.2, 0) is 0 Å². The van der Waals surface area contributed by atoms with Crippen LogP contribution < -0.4 is 0 Å². The topological polar surface area (TPSA) is 38.7 Å². The molecule has 0 aliphatic heterocycles. The molecule has 8 aromatic carbocycles. The minimum absolute atomic E-state index is 0.649. The standard InChI is InChI=1S/C47H29N3S/c1-3-14-30(15-4-1)33-20-11-21-34(28-33)46-48-45(32-17-5-2-6-18-32)49-47(50-46)40-29-42-44(38-24-10-9-23-37(38)40)43-39(26-13-27-41(43)51-42)36-25-12-19-31-16-7-8-22-35(31)36/h1-29H. The summed E-state index contributed by atoms with van der Waals surface area (Å²) in [6.45, 7) is 0. The van der Waals surface area contributed by atoms with Gasteiger partial charge in [0.15, 0.2) is 17.5 Å². The maximum absolute atomic E-state index is 5.23. The van der Waals surface area contributed by atoms with E-state index in [1.807, 2.05) is 35.6 Å². The third-order valence-corrected chi connectivity index (χ3v) is 10.8. The van der Waals surface area contributed by atoms with E-state index in [9.17, 15) is 0 Å². The van der Waals surface area contributed by atoms with Crippen LogP contribution in [0.25, 0.3) is 98.1 Å². The number of benzene rings is 8. The van der Waals surface area contributed by atoms with Crippen molar-refractivity contribution in [2.24, 2.45) is 0 Å². The lowest BCUT2D eigenvalue weighted by atomic mass is 9.92. The Kier molecular flexibility index (Phi) is 7.00. The molecular weight excluding hydrogens is 639 g/mol. The van der Waals surface area contributed by atoms with Crippen molar-refractivity contribution in [3.05, 3.63) is 176 Å². The van der Waals surface area contributed by atoms with Crippen molar-refractivity contribution in [1.82, 2.24) is 15.0 Å². The number of hydrogen-bond donors (Lipinski definition) is 0. The number of rotatable bonds is 5. The lowest BCUT2D eigenvalue weighted by Crippen LogP contribution is -2.00. The minimum Gasteiger partial charge on any atom is -0.208 e. The van der Waals surface area contributed by atoms with Crippen LogP contribution in [-0.4, -0.2) is 15.0 Å². The van der Waals surface area contributed by atoms with Crippen molar-refractivity contribution in [1.29, 1.82) is 0 Å². The molecule has 0 radical (unpaired) electrons. The number of nitrogens with zero attached hydrogens (tertiary/aromatic N) is 3. The number of thiophene rings is 1. The number of fused-ring (bicyclic) bond motifs is 6. The average Bonchev–Trinajstić information content (AvgIpc) is 3.60. The zero-order valence-electron chi connectivity index (χ0n) is 27.5. The molecule has 0 aliphatic carbocycles. The molecule has 0 amide bonds. The summed E-state index contributed by atoms with van der Waals surface area (Å²) in [5, 5.41) is 7.37. The van der Waals surface area contributed by atoms with E-state index in [2.05, 4.69) is 152 Å². The summed E-state index contributed by atoms with van der Waals surface area (Å²) in [7, 11) is 0. The summed E-state index contributed by atoms with van der Waals surface area (Å²) in [5.74, 6) is 1.96. The summed E-state index contributed by atoms with van der Waals surface area (Å²) in [6, 6.07) is 62.1. The monoisotopic (exact) mass is 667 g/mol. The van der Waals surface area contributed by atoms with Crippen molar-refractivity contribution < 1.29 is 0 Å². The maximum Gasteiger partial charge on any atom is 0.164 e. The Balaban J connectivity index is 1.23. The zero-order chi connectivity index (χ0) is 33.7. The highest BCUT2D eigenvalue weighted by Gasteiger charge is 2.20. The van der Waals surface area contributed by atoms with E-state index in [0.29, 0.717) is 17.5 Å². The highest BCUT2D eigenvalue weighted by atomic mass is 32.1. The fourth-order valence-corrected chi connectivity index (χ4v) is 8.55. The van der Waals surface area contributed by atoms with Gasteiger partial charge in [-0.15, -0.1) is 11.3 Å². The van der Waals surface area contributed by atoms with Gasteiger partial charge in [0.2, 0.25) is 0 Å². The molecule has 0 aliphatic rings. The SMILES string of the molecule is c1ccc(-c2cccc(-c3nc(-c4ccccc4)nc(-c4cc5sc6cccc(-c7cccc8ccccc78)c6c5c5ccccc45)n3)c2)cc1. The molecule has 0 bridgehead atoms. The van der Waals surface area contributed by atoms with Crippen LogP contribution in [0.3, 0.4) is 0 Å². The normalized spacial score (nSPS) is 11.5. The van der Waals surface area contributed by atoms with Gasteiger partial charge in [0.25, 0.3) is 0 Å².